The second-order valence-electron chi connectivity index (χ2n) is 4.71. The number of rotatable bonds is 9. The van der Waals surface area contributed by atoms with Gasteiger partial charge < -0.3 is 45.2 Å². The first-order valence-corrected chi connectivity index (χ1v) is 6.65. The number of hydrogen-bond acceptors (Lipinski definition) is 13. The summed E-state index contributed by atoms with van der Waals surface area (Å²) in [7, 11) is 0. The van der Waals surface area contributed by atoms with Crippen LogP contribution in [0.1, 0.15) is 6.42 Å². The third-order valence-electron chi connectivity index (χ3n) is 2.63. The molecule has 27 heavy (non-hydrogen) atoms. The molecule has 0 saturated heterocycles. The summed E-state index contributed by atoms with van der Waals surface area (Å²) in [6, 6.07) is 0. The molecule has 0 heterocycles. The van der Waals surface area contributed by atoms with Gasteiger partial charge in [-0.15, -0.1) is 0 Å². The SMILES string of the molecule is O=C(CC(O)C(=O)OC(=O)C(O)C(O)C(=O)O)OC(=O)C(O)C(O)C(=O)O. The number of aliphatic carboxylic acids is 2. The molecule has 0 amide bonds. The Bertz CT molecular complexity index is 624. The lowest BCUT2D eigenvalue weighted by atomic mass is 10.2. The van der Waals surface area contributed by atoms with E-state index in [9.17, 15) is 33.9 Å². The number of carboxylic acids is 2. The van der Waals surface area contributed by atoms with E-state index >= 15 is 0 Å². The molecular formula is C12H14O15. The first-order valence-electron chi connectivity index (χ1n) is 6.65. The summed E-state index contributed by atoms with van der Waals surface area (Å²) in [5.41, 5.74) is 0. The highest BCUT2D eigenvalue weighted by Gasteiger charge is 2.36. The third-order valence-corrected chi connectivity index (χ3v) is 2.63. The summed E-state index contributed by atoms with van der Waals surface area (Å²) in [6.45, 7) is 0. The molecule has 0 rings (SSSR count). The Morgan fingerprint density at radius 2 is 0.963 bits per heavy atom. The number of ether oxygens (including phenoxy) is 2. The molecule has 7 N–H and O–H groups in total. The molecule has 0 aliphatic heterocycles. The van der Waals surface area contributed by atoms with Gasteiger partial charge in [-0.2, -0.15) is 0 Å². The molecule has 0 spiro atoms. The van der Waals surface area contributed by atoms with Crippen molar-refractivity contribution in [2.45, 2.75) is 36.9 Å². The number of aliphatic hydroxyl groups excluding tert-OH is 5. The van der Waals surface area contributed by atoms with E-state index in [-0.39, 0.29) is 0 Å². The van der Waals surface area contributed by atoms with E-state index in [4.69, 9.17) is 30.6 Å². The summed E-state index contributed by atoms with van der Waals surface area (Å²) < 4.78 is 7.66. The predicted molar refractivity (Wildman–Crippen MR) is 72.1 cm³/mol. The van der Waals surface area contributed by atoms with Crippen molar-refractivity contribution in [2.75, 3.05) is 0 Å². The lowest BCUT2D eigenvalue weighted by Crippen LogP contribution is -2.43. The molecule has 5 unspecified atom stereocenters. The first kappa shape index (κ1) is 24.0. The maximum absolute atomic E-state index is 11.3. The first-order chi connectivity index (χ1) is 12.3. The Morgan fingerprint density at radius 3 is 1.33 bits per heavy atom. The molecule has 0 aromatic carbocycles. The van der Waals surface area contributed by atoms with Crippen molar-refractivity contribution >= 4 is 35.8 Å². The zero-order chi connectivity index (χ0) is 21.5. The molecule has 0 fully saturated rings. The molecular weight excluding hydrogens is 384 g/mol. The number of carboxylic acid groups (broad SMARTS) is 2. The van der Waals surface area contributed by atoms with E-state index < -0.39 is 72.8 Å². The van der Waals surface area contributed by atoms with Crippen LogP contribution in [-0.4, -0.2) is 102 Å². The lowest BCUT2D eigenvalue weighted by molar-refractivity contribution is -0.182. The number of carbonyl (C=O) groups excluding carboxylic acids is 4. The Morgan fingerprint density at radius 1 is 0.593 bits per heavy atom. The van der Waals surface area contributed by atoms with Gasteiger partial charge in [0.05, 0.1) is 6.42 Å². The van der Waals surface area contributed by atoms with E-state index in [1.807, 2.05) is 0 Å². The van der Waals surface area contributed by atoms with Crippen LogP contribution in [0.2, 0.25) is 0 Å². The van der Waals surface area contributed by atoms with Crippen LogP contribution in [0, 0.1) is 0 Å². The molecule has 0 aliphatic carbocycles. The molecule has 0 aromatic rings. The van der Waals surface area contributed by atoms with Gasteiger partial charge in [-0.1, -0.05) is 0 Å². The van der Waals surface area contributed by atoms with Crippen molar-refractivity contribution < 1.29 is 74.0 Å². The molecule has 0 saturated carbocycles. The quantitative estimate of drug-likeness (QED) is 0.141. The largest absolute Gasteiger partial charge is 0.479 e. The molecule has 152 valence electrons. The van der Waals surface area contributed by atoms with Crippen LogP contribution < -0.4 is 0 Å². The van der Waals surface area contributed by atoms with Crippen LogP contribution in [0.4, 0.5) is 0 Å². The lowest BCUT2D eigenvalue weighted by Gasteiger charge is -2.14. The smallest absolute Gasteiger partial charge is 0.346 e. The maximum atomic E-state index is 11.3. The van der Waals surface area contributed by atoms with Gasteiger partial charge in [0.25, 0.3) is 0 Å². The minimum absolute atomic E-state index is 1.36. The van der Waals surface area contributed by atoms with Gasteiger partial charge in [-0.3, -0.25) is 4.79 Å². The van der Waals surface area contributed by atoms with Crippen LogP contribution in [0.5, 0.6) is 0 Å². The van der Waals surface area contributed by atoms with Crippen molar-refractivity contribution in [3.63, 3.8) is 0 Å². The van der Waals surface area contributed by atoms with Crippen LogP contribution in [-0.2, 0) is 38.2 Å². The van der Waals surface area contributed by atoms with Crippen molar-refractivity contribution in [1.29, 1.82) is 0 Å². The van der Waals surface area contributed by atoms with Gasteiger partial charge in [0, 0.05) is 0 Å². The van der Waals surface area contributed by atoms with Crippen molar-refractivity contribution in [3.8, 4) is 0 Å². The van der Waals surface area contributed by atoms with Crippen LogP contribution in [0.3, 0.4) is 0 Å². The van der Waals surface area contributed by atoms with Crippen LogP contribution >= 0.6 is 0 Å². The number of hydrogen-bond donors (Lipinski definition) is 7. The zero-order valence-electron chi connectivity index (χ0n) is 13.0. The highest BCUT2D eigenvalue weighted by atomic mass is 16.6. The van der Waals surface area contributed by atoms with E-state index in [2.05, 4.69) is 9.47 Å². The predicted octanol–water partition coefficient (Wildman–Crippen LogP) is -5.51. The molecule has 0 aliphatic rings. The van der Waals surface area contributed by atoms with Gasteiger partial charge in [0.2, 0.25) is 0 Å². The minimum Gasteiger partial charge on any atom is -0.479 e. The normalized spacial score (nSPS) is 16.2. The summed E-state index contributed by atoms with van der Waals surface area (Å²) in [5.74, 6) is -11.6. The standard InChI is InChI=1S/C12H14O15/c13-2(10(23)27-12(25)7(18)5(16)9(21)22)1-3(14)26-11(24)6(17)4(15)8(19)20/h2,4-7,13,15-18H,1H2,(H,19,20)(H,21,22). The van der Waals surface area contributed by atoms with Crippen LogP contribution in [0.25, 0.3) is 0 Å². The summed E-state index contributed by atoms with van der Waals surface area (Å²) in [5, 5.41) is 61.9. The fraction of sp³-hybridized carbons (Fsp3) is 0.500. The molecule has 0 radical (unpaired) electrons. The molecule has 15 nitrogen and oxygen atoms in total. The van der Waals surface area contributed by atoms with Crippen molar-refractivity contribution in [3.05, 3.63) is 0 Å². The summed E-state index contributed by atoms with van der Waals surface area (Å²) >= 11 is 0. The minimum atomic E-state index is -2.69. The van der Waals surface area contributed by atoms with Gasteiger partial charge in [-0.05, 0) is 0 Å². The Hall–Kier alpha value is -2.98. The Labute approximate surface area is 148 Å². The third kappa shape index (κ3) is 7.42. The van der Waals surface area contributed by atoms with Crippen molar-refractivity contribution in [1.82, 2.24) is 0 Å². The van der Waals surface area contributed by atoms with Crippen molar-refractivity contribution in [2.24, 2.45) is 0 Å². The number of esters is 4. The average Bonchev–Trinajstić information content (AvgIpc) is 2.58. The van der Waals surface area contributed by atoms with Gasteiger partial charge in [0.1, 0.15) is 0 Å². The number of aliphatic hydroxyl groups is 5. The van der Waals surface area contributed by atoms with E-state index in [1.165, 1.54) is 0 Å². The fourth-order valence-corrected chi connectivity index (χ4v) is 1.21. The molecule has 0 aromatic heterocycles. The molecule has 0 bridgehead atoms. The van der Waals surface area contributed by atoms with E-state index in [0.29, 0.717) is 0 Å². The second kappa shape index (κ2) is 10.2. The topological polar surface area (TPSA) is 262 Å². The molecule has 5 atom stereocenters. The second-order valence-corrected chi connectivity index (χ2v) is 4.71. The van der Waals surface area contributed by atoms with E-state index in [0.717, 1.165) is 0 Å². The average molecular weight is 398 g/mol. The monoisotopic (exact) mass is 398 g/mol. The number of carbonyl (C=O) groups is 6. The molecule has 15 heteroatoms. The fourth-order valence-electron chi connectivity index (χ4n) is 1.21. The maximum Gasteiger partial charge on any atom is 0.346 e. The Kier molecular flexibility index (Phi) is 9.11. The van der Waals surface area contributed by atoms with E-state index in [1.54, 1.807) is 0 Å². The zero-order valence-corrected chi connectivity index (χ0v) is 13.0. The van der Waals surface area contributed by atoms with Gasteiger partial charge >= 0.3 is 35.8 Å². The highest BCUT2D eigenvalue weighted by molar-refractivity contribution is 5.95. The van der Waals surface area contributed by atoms with Gasteiger partial charge in [0.15, 0.2) is 30.5 Å². The summed E-state index contributed by atoms with van der Waals surface area (Å²) in [4.78, 5) is 65.6. The van der Waals surface area contributed by atoms with Gasteiger partial charge in [-0.25, -0.2) is 24.0 Å². The Balaban J connectivity index is 4.64. The summed E-state index contributed by atoms with van der Waals surface area (Å²) in [6.07, 6.45) is -14.5. The van der Waals surface area contributed by atoms with Crippen LogP contribution in [0.15, 0.2) is 0 Å². The highest BCUT2D eigenvalue weighted by Crippen LogP contribution is 2.04.